The first-order valence-corrected chi connectivity index (χ1v) is 6.64. The lowest BCUT2D eigenvalue weighted by Gasteiger charge is -2.12. The maximum atomic E-state index is 10.1. The third-order valence-corrected chi connectivity index (χ3v) is 3.22. The molecule has 1 aromatic carbocycles. The molecule has 0 aliphatic rings. The first kappa shape index (κ1) is 14.5. The van der Waals surface area contributed by atoms with Crippen molar-refractivity contribution in [1.82, 2.24) is 0 Å². The minimum absolute atomic E-state index is 0.404. The number of aliphatic hydroxyl groups is 1. The van der Waals surface area contributed by atoms with Crippen molar-refractivity contribution in [2.75, 3.05) is 14.2 Å². The molecule has 0 saturated heterocycles. The molecule has 1 N–H and O–H groups in total. The van der Waals surface area contributed by atoms with Crippen LogP contribution < -0.4 is 9.47 Å². The SMILES string of the molecule is COc1ccc(CC(O)CCc2ccco2)cc1OC. The van der Waals surface area contributed by atoms with Crippen LogP contribution in [0.2, 0.25) is 0 Å². The summed E-state index contributed by atoms with van der Waals surface area (Å²) >= 11 is 0. The fraction of sp³-hybridized carbons (Fsp3) is 0.375. The Morgan fingerprint density at radius 3 is 2.60 bits per heavy atom. The van der Waals surface area contributed by atoms with Crippen LogP contribution in [0.25, 0.3) is 0 Å². The average Bonchev–Trinajstić information content (AvgIpc) is 2.98. The van der Waals surface area contributed by atoms with Crippen LogP contribution in [0, 0.1) is 0 Å². The number of hydrogen-bond acceptors (Lipinski definition) is 4. The molecule has 0 amide bonds. The Labute approximate surface area is 118 Å². The summed E-state index contributed by atoms with van der Waals surface area (Å²) in [6, 6.07) is 9.47. The minimum Gasteiger partial charge on any atom is -0.493 e. The van der Waals surface area contributed by atoms with Crippen LogP contribution >= 0.6 is 0 Å². The number of hydrogen-bond donors (Lipinski definition) is 1. The van der Waals surface area contributed by atoms with Crippen molar-refractivity contribution in [3.63, 3.8) is 0 Å². The van der Waals surface area contributed by atoms with Gasteiger partial charge in [0, 0.05) is 6.42 Å². The van der Waals surface area contributed by atoms with Gasteiger partial charge in [0.1, 0.15) is 5.76 Å². The number of aryl methyl sites for hydroxylation is 1. The van der Waals surface area contributed by atoms with Gasteiger partial charge in [-0.1, -0.05) is 6.07 Å². The van der Waals surface area contributed by atoms with Gasteiger partial charge in [-0.2, -0.15) is 0 Å². The highest BCUT2D eigenvalue weighted by Gasteiger charge is 2.10. The van der Waals surface area contributed by atoms with Gasteiger partial charge in [0.05, 0.1) is 26.6 Å². The molecule has 0 fully saturated rings. The molecule has 20 heavy (non-hydrogen) atoms. The van der Waals surface area contributed by atoms with Gasteiger partial charge in [0.15, 0.2) is 11.5 Å². The van der Waals surface area contributed by atoms with Crippen LogP contribution in [0.5, 0.6) is 11.5 Å². The number of benzene rings is 1. The van der Waals surface area contributed by atoms with Crippen LogP contribution in [0.3, 0.4) is 0 Å². The highest BCUT2D eigenvalue weighted by Crippen LogP contribution is 2.28. The van der Waals surface area contributed by atoms with Gasteiger partial charge < -0.3 is 19.0 Å². The first-order chi connectivity index (χ1) is 9.72. The summed E-state index contributed by atoms with van der Waals surface area (Å²) in [7, 11) is 3.21. The smallest absolute Gasteiger partial charge is 0.160 e. The van der Waals surface area contributed by atoms with Crippen molar-refractivity contribution in [2.24, 2.45) is 0 Å². The zero-order chi connectivity index (χ0) is 14.4. The van der Waals surface area contributed by atoms with Crippen molar-refractivity contribution in [2.45, 2.75) is 25.4 Å². The predicted molar refractivity (Wildman–Crippen MR) is 76.3 cm³/mol. The largest absolute Gasteiger partial charge is 0.493 e. The lowest BCUT2D eigenvalue weighted by molar-refractivity contribution is 0.163. The predicted octanol–water partition coefficient (Wildman–Crippen LogP) is 2.83. The molecule has 0 aliphatic carbocycles. The van der Waals surface area contributed by atoms with E-state index in [9.17, 15) is 5.11 Å². The van der Waals surface area contributed by atoms with Gasteiger partial charge in [0.2, 0.25) is 0 Å². The number of furan rings is 1. The summed E-state index contributed by atoms with van der Waals surface area (Å²) in [6.45, 7) is 0. The van der Waals surface area contributed by atoms with E-state index < -0.39 is 6.10 Å². The molecule has 4 heteroatoms. The molecule has 0 radical (unpaired) electrons. The quantitative estimate of drug-likeness (QED) is 0.845. The molecule has 108 valence electrons. The normalized spacial score (nSPS) is 12.2. The molecular weight excluding hydrogens is 256 g/mol. The lowest BCUT2D eigenvalue weighted by Crippen LogP contribution is -2.11. The molecule has 1 unspecified atom stereocenters. The van der Waals surface area contributed by atoms with E-state index in [0.29, 0.717) is 24.3 Å². The second kappa shape index (κ2) is 7.01. The van der Waals surface area contributed by atoms with Crippen molar-refractivity contribution >= 4 is 0 Å². The van der Waals surface area contributed by atoms with E-state index in [1.54, 1.807) is 20.5 Å². The maximum absolute atomic E-state index is 10.1. The van der Waals surface area contributed by atoms with Crippen LogP contribution in [0.4, 0.5) is 0 Å². The Balaban J connectivity index is 1.91. The summed E-state index contributed by atoms with van der Waals surface area (Å²) in [5.74, 6) is 2.28. The minimum atomic E-state index is -0.404. The summed E-state index contributed by atoms with van der Waals surface area (Å²) in [5.41, 5.74) is 1.02. The Bertz CT molecular complexity index is 519. The summed E-state index contributed by atoms with van der Waals surface area (Å²) in [4.78, 5) is 0. The number of rotatable bonds is 7. The van der Waals surface area contributed by atoms with Crippen LogP contribution in [0.15, 0.2) is 41.0 Å². The van der Waals surface area contributed by atoms with Crippen LogP contribution in [-0.4, -0.2) is 25.4 Å². The van der Waals surface area contributed by atoms with Crippen molar-refractivity contribution in [3.8, 4) is 11.5 Å². The van der Waals surface area contributed by atoms with Crippen molar-refractivity contribution in [1.29, 1.82) is 0 Å². The Kier molecular flexibility index (Phi) is 5.07. The van der Waals surface area contributed by atoms with Gasteiger partial charge in [0.25, 0.3) is 0 Å². The summed E-state index contributed by atoms with van der Waals surface area (Å²) < 4.78 is 15.7. The second-order valence-electron chi connectivity index (χ2n) is 4.67. The lowest BCUT2D eigenvalue weighted by atomic mass is 10.0. The highest BCUT2D eigenvalue weighted by molar-refractivity contribution is 5.43. The highest BCUT2D eigenvalue weighted by atomic mass is 16.5. The van der Waals surface area contributed by atoms with Crippen molar-refractivity contribution < 1.29 is 19.0 Å². The third kappa shape index (κ3) is 3.78. The molecule has 0 aliphatic heterocycles. The molecule has 0 bridgehead atoms. The molecule has 0 spiro atoms. The zero-order valence-corrected chi connectivity index (χ0v) is 11.8. The topological polar surface area (TPSA) is 51.8 Å². The van der Waals surface area contributed by atoms with Gasteiger partial charge >= 0.3 is 0 Å². The maximum Gasteiger partial charge on any atom is 0.160 e. The first-order valence-electron chi connectivity index (χ1n) is 6.64. The van der Waals surface area contributed by atoms with E-state index >= 15 is 0 Å². The van der Waals surface area contributed by atoms with Crippen LogP contribution in [0.1, 0.15) is 17.7 Å². The fourth-order valence-electron chi connectivity index (χ4n) is 2.15. The number of aliphatic hydroxyl groups excluding tert-OH is 1. The molecule has 0 saturated carbocycles. The van der Waals surface area contributed by atoms with Gasteiger partial charge in [-0.15, -0.1) is 0 Å². The van der Waals surface area contributed by atoms with E-state index in [1.165, 1.54) is 0 Å². The Hall–Kier alpha value is -1.94. The zero-order valence-electron chi connectivity index (χ0n) is 11.8. The number of ether oxygens (including phenoxy) is 2. The molecule has 4 nitrogen and oxygen atoms in total. The van der Waals surface area contributed by atoms with Gasteiger partial charge in [-0.25, -0.2) is 0 Å². The van der Waals surface area contributed by atoms with E-state index in [0.717, 1.165) is 17.7 Å². The van der Waals surface area contributed by atoms with E-state index in [-0.39, 0.29) is 0 Å². The Morgan fingerprint density at radius 1 is 1.15 bits per heavy atom. The van der Waals surface area contributed by atoms with Gasteiger partial charge in [-0.3, -0.25) is 0 Å². The standard InChI is InChI=1S/C16H20O4/c1-18-15-8-5-12(11-16(15)19-2)10-13(17)6-7-14-4-3-9-20-14/h3-5,8-9,11,13,17H,6-7,10H2,1-2H3. The molecule has 2 rings (SSSR count). The molecule has 2 aromatic rings. The molecular formula is C16H20O4. The molecule has 1 atom stereocenters. The fourth-order valence-corrected chi connectivity index (χ4v) is 2.15. The van der Waals surface area contributed by atoms with Crippen molar-refractivity contribution in [3.05, 3.63) is 47.9 Å². The molecule has 1 aromatic heterocycles. The van der Waals surface area contributed by atoms with Crippen LogP contribution in [-0.2, 0) is 12.8 Å². The van der Waals surface area contributed by atoms with E-state index in [1.807, 2.05) is 30.3 Å². The summed E-state index contributed by atoms with van der Waals surface area (Å²) in [6.07, 6.45) is 3.23. The van der Waals surface area contributed by atoms with Gasteiger partial charge in [-0.05, 0) is 42.7 Å². The second-order valence-corrected chi connectivity index (χ2v) is 4.67. The summed E-state index contributed by atoms with van der Waals surface area (Å²) in [5, 5.41) is 10.1. The molecule has 1 heterocycles. The van der Waals surface area contributed by atoms with E-state index in [4.69, 9.17) is 13.9 Å². The monoisotopic (exact) mass is 276 g/mol. The van der Waals surface area contributed by atoms with E-state index in [2.05, 4.69) is 0 Å². The Morgan fingerprint density at radius 2 is 1.95 bits per heavy atom. The third-order valence-electron chi connectivity index (χ3n) is 3.22. The number of methoxy groups -OCH3 is 2. The average molecular weight is 276 g/mol.